The Morgan fingerprint density at radius 1 is 1.46 bits per heavy atom. The number of nitrogens with one attached hydrogen (secondary N) is 1. The minimum Gasteiger partial charge on any atom is -0.384 e. The van der Waals surface area contributed by atoms with Crippen molar-refractivity contribution in [2.45, 2.75) is 25.3 Å². The van der Waals surface area contributed by atoms with Gasteiger partial charge in [0.1, 0.15) is 5.82 Å². The van der Waals surface area contributed by atoms with Crippen LogP contribution in [0, 0.1) is 0 Å². The van der Waals surface area contributed by atoms with Gasteiger partial charge in [0.05, 0.1) is 0 Å². The summed E-state index contributed by atoms with van der Waals surface area (Å²) < 4.78 is 0. The third kappa shape index (κ3) is 1.98. The first-order valence-electron chi connectivity index (χ1n) is 4.81. The Morgan fingerprint density at radius 2 is 2.38 bits per heavy atom. The predicted molar refractivity (Wildman–Crippen MR) is 53.2 cm³/mol. The highest BCUT2D eigenvalue weighted by atomic mass is 14.9. The van der Waals surface area contributed by atoms with Gasteiger partial charge in [-0.05, 0) is 37.1 Å². The lowest BCUT2D eigenvalue weighted by molar-refractivity contribution is 0.412. The molecular formula is C10H15N3. The van der Waals surface area contributed by atoms with E-state index in [1.807, 2.05) is 12.1 Å². The second-order valence-electron chi connectivity index (χ2n) is 3.52. The molecule has 3 nitrogen and oxygen atoms in total. The average molecular weight is 177 g/mol. The molecule has 1 fully saturated rings. The van der Waals surface area contributed by atoms with Crippen molar-refractivity contribution in [3.05, 3.63) is 23.9 Å². The first-order chi connectivity index (χ1) is 6.36. The zero-order valence-electron chi connectivity index (χ0n) is 7.66. The van der Waals surface area contributed by atoms with Crippen molar-refractivity contribution >= 4 is 5.82 Å². The summed E-state index contributed by atoms with van der Waals surface area (Å²) in [5.74, 6) is 0.616. The fourth-order valence-corrected chi connectivity index (χ4v) is 1.82. The third-order valence-electron chi connectivity index (χ3n) is 2.52. The molecule has 1 aromatic heterocycles. The Kier molecular flexibility index (Phi) is 2.45. The summed E-state index contributed by atoms with van der Waals surface area (Å²) in [4.78, 5) is 3.98. The summed E-state index contributed by atoms with van der Waals surface area (Å²) in [5, 5.41) is 3.48. The van der Waals surface area contributed by atoms with Crippen LogP contribution in [0.4, 0.5) is 5.82 Å². The van der Waals surface area contributed by atoms with E-state index in [9.17, 15) is 0 Å². The van der Waals surface area contributed by atoms with Gasteiger partial charge in [-0.1, -0.05) is 6.42 Å². The van der Waals surface area contributed by atoms with E-state index in [2.05, 4.69) is 10.3 Å². The van der Waals surface area contributed by atoms with Crippen molar-refractivity contribution in [2.75, 3.05) is 12.3 Å². The van der Waals surface area contributed by atoms with Crippen LogP contribution in [0.25, 0.3) is 0 Å². The van der Waals surface area contributed by atoms with Gasteiger partial charge in [0, 0.05) is 12.2 Å². The molecule has 70 valence electrons. The number of hydrogen-bond acceptors (Lipinski definition) is 3. The molecule has 0 aliphatic carbocycles. The number of rotatable bonds is 1. The van der Waals surface area contributed by atoms with E-state index < -0.39 is 0 Å². The molecule has 1 aliphatic heterocycles. The molecule has 1 saturated heterocycles. The van der Waals surface area contributed by atoms with Gasteiger partial charge in [-0.3, -0.25) is 0 Å². The molecule has 1 aromatic rings. The number of piperidine rings is 1. The van der Waals surface area contributed by atoms with Crippen LogP contribution < -0.4 is 11.1 Å². The summed E-state index contributed by atoms with van der Waals surface area (Å²) in [7, 11) is 0. The molecule has 2 rings (SSSR count). The molecule has 0 amide bonds. The second kappa shape index (κ2) is 3.75. The quantitative estimate of drug-likeness (QED) is 0.683. The van der Waals surface area contributed by atoms with Crippen molar-refractivity contribution in [1.82, 2.24) is 10.3 Å². The van der Waals surface area contributed by atoms with Crippen molar-refractivity contribution in [2.24, 2.45) is 0 Å². The maximum atomic E-state index is 5.63. The van der Waals surface area contributed by atoms with Crippen LogP contribution in [0.3, 0.4) is 0 Å². The summed E-state index contributed by atoms with van der Waals surface area (Å²) in [6.45, 7) is 1.12. The van der Waals surface area contributed by atoms with Gasteiger partial charge in [0.25, 0.3) is 0 Å². The fraction of sp³-hybridized carbons (Fsp3) is 0.500. The Balaban J connectivity index is 2.14. The van der Waals surface area contributed by atoms with E-state index in [0.29, 0.717) is 11.9 Å². The maximum absolute atomic E-state index is 5.63. The predicted octanol–water partition coefficient (Wildman–Crippen LogP) is 1.48. The number of anilines is 1. The zero-order valence-corrected chi connectivity index (χ0v) is 7.66. The van der Waals surface area contributed by atoms with Crippen molar-refractivity contribution < 1.29 is 0 Å². The minimum absolute atomic E-state index is 0.485. The normalized spacial score (nSPS) is 22.9. The van der Waals surface area contributed by atoms with Crippen molar-refractivity contribution in [1.29, 1.82) is 0 Å². The number of nitrogen functional groups attached to an aromatic ring is 1. The Bertz CT molecular complexity index is 279. The zero-order chi connectivity index (χ0) is 9.10. The van der Waals surface area contributed by atoms with Gasteiger partial charge in [-0.25, -0.2) is 4.98 Å². The lowest BCUT2D eigenvalue weighted by Crippen LogP contribution is -2.26. The highest BCUT2D eigenvalue weighted by Crippen LogP contribution is 2.22. The van der Waals surface area contributed by atoms with Crippen LogP contribution in [0.1, 0.15) is 30.9 Å². The summed E-state index contributed by atoms with van der Waals surface area (Å²) in [6.07, 6.45) is 5.58. The van der Waals surface area contributed by atoms with E-state index in [4.69, 9.17) is 5.73 Å². The highest BCUT2D eigenvalue weighted by Gasteiger charge is 2.14. The van der Waals surface area contributed by atoms with Gasteiger partial charge in [0.15, 0.2) is 0 Å². The van der Waals surface area contributed by atoms with Gasteiger partial charge >= 0.3 is 0 Å². The van der Waals surface area contributed by atoms with Crippen LogP contribution in [-0.2, 0) is 0 Å². The Labute approximate surface area is 78.4 Å². The summed E-state index contributed by atoms with van der Waals surface area (Å²) in [6, 6.07) is 4.49. The molecule has 3 heteroatoms. The van der Waals surface area contributed by atoms with Gasteiger partial charge in [-0.2, -0.15) is 0 Å². The standard InChI is InChI=1S/C10H15N3/c11-10-7-8(4-6-13-10)9-3-1-2-5-12-9/h4,6-7,9,12H,1-3,5H2,(H2,11,13). The molecular weight excluding hydrogens is 162 g/mol. The molecule has 13 heavy (non-hydrogen) atoms. The van der Waals surface area contributed by atoms with E-state index in [1.54, 1.807) is 6.20 Å². The smallest absolute Gasteiger partial charge is 0.123 e. The molecule has 3 N–H and O–H groups in total. The van der Waals surface area contributed by atoms with Gasteiger partial charge < -0.3 is 11.1 Å². The topological polar surface area (TPSA) is 50.9 Å². The number of nitrogens with zero attached hydrogens (tertiary/aromatic N) is 1. The number of hydrogen-bond donors (Lipinski definition) is 2. The molecule has 0 saturated carbocycles. The molecule has 0 spiro atoms. The largest absolute Gasteiger partial charge is 0.384 e. The summed E-state index contributed by atoms with van der Waals surface area (Å²) >= 11 is 0. The molecule has 1 atom stereocenters. The number of aromatic nitrogens is 1. The monoisotopic (exact) mass is 177 g/mol. The van der Waals surface area contributed by atoms with E-state index in [0.717, 1.165) is 6.54 Å². The number of nitrogens with two attached hydrogens (primary N) is 1. The molecule has 0 radical (unpaired) electrons. The lowest BCUT2D eigenvalue weighted by Gasteiger charge is -2.23. The second-order valence-corrected chi connectivity index (χ2v) is 3.52. The molecule has 0 aromatic carbocycles. The van der Waals surface area contributed by atoms with E-state index >= 15 is 0 Å². The van der Waals surface area contributed by atoms with Crippen LogP contribution >= 0.6 is 0 Å². The molecule has 1 unspecified atom stereocenters. The molecule has 0 bridgehead atoms. The SMILES string of the molecule is Nc1cc(C2CCCCN2)ccn1. The Hall–Kier alpha value is -1.09. The lowest BCUT2D eigenvalue weighted by atomic mass is 9.98. The maximum Gasteiger partial charge on any atom is 0.123 e. The highest BCUT2D eigenvalue weighted by molar-refractivity contribution is 5.33. The van der Waals surface area contributed by atoms with Crippen LogP contribution in [0.5, 0.6) is 0 Å². The van der Waals surface area contributed by atoms with Crippen molar-refractivity contribution in [3.63, 3.8) is 0 Å². The van der Waals surface area contributed by atoms with Crippen LogP contribution in [-0.4, -0.2) is 11.5 Å². The molecule has 2 heterocycles. The fourth-order valence-electron chi connectivity index (χ4n) is 1.82. The molecule has 1 aliphatic rings. The van der Waals surface area contributed by atoms with Gasteiger partial charge in [0.2, 0.25) is 0 Å². The minimum atomic E-state index is 0.485. The van der Waals surface area contributed by atoms with Crippen molar-refractivity contribution in [3.8, 4) is 0 Å². The summed E-state index contributed by atoms with van der Waals surface area (Å²) in [5.41, 5.74) is 6.90. The first-order valence-corrected chi connectivity index (χ1v) is 4.81. The van der Waals surface area contributed by atoms with Crippen LogP contribution in [0.15, 0.2) is 18.3 Å². The van der Waals surface area contributed by atoms with Crippen LogP contribution in [0.2, 0.25) is 0 Å². The van der Waals surface area contributed by atoms with E-state index in [1.165, 1.54) is 24.8 Å². The Morgan fingerprint density at radius 3 is 3.08 bits per heavy atom. The first kappa shape index (κ1) is 8.51. The third-order valence-corrected chi connectivity index (χ3v) is 2.52. The average Bonchev–Trinajstić information content (AvgIpc) is 2.19. The van der Waals surface area contributed by atoms with Gasteiger partial charge in [-0.15, -0.1) is 0 Å². The van der Waals surface area contributed by atoms with E-state index in [-0.39, 0.29) is 0 Å². The number of pyridine rings is 1.